The van der Waals surface area contributed by atoms with Crippen LogP contribution in [0.25, 0.3) is 0 Å². The molecule has 0 saturated heterocycles. The molecule has 1 amide bonds. The summed E-state index contributed by atoms with van der Waals surface area (Å²) < 4.78 is 0. The van der Waals surface area contributed by atoms with Crippen molar-refractivity contribution in [2.75, 3.05) is 0 Å². The van der Waals surface area contributed by atoms with Crippen LogP contribution in [-0.2, 0) is 11.3 Å². The number of hydrogen-bond acceptors (Lipinski definition) is 2. The SMILES string of the molecule is CCCC(=O)N(Cc1ccccc1)C1=C(CCC#N)CCCC1. The van der Waals surface area contributed by atoms with E-state index in [1.165, 1.54) is 17.7 Å². The quantitative estimate of drug-likeness (QED) is 0.715. The van der Waals surface area contributed by atoms with Gasteiger partial charge in [-0.3, -0.25) is 4.79 Å². The Morgan fingerprint density at radius 3 is 2.65 bits per heavy atom. The van der Waals surface area contributed by atoms with Crippen LogP contribution in [0.2, 0.25) is 0 Å². The largest absolute Gasteiger partial charge is 0.312 e. The van der Waals surface area contributed by atoms with Crippen LogP contribution in [0, 0.1) is 11.3 Å². The summed E-state index contributed by atoms with van der Waals surface area (Å²) in [5, 5.41) is 8.90. The zero-order valence-corrected chi connectivity index (χ0v) is 14.1. The zero-order valence-electron chi connectivity index (χ0n) is 14.1. The Bertz CT molecular complexity index is 583. The van der Waals surface area contributed by atoms with Crippen molar-refractivity contribution >= 4 is 5.91 Å². The monoisotopic (exact) mass is 310 g/mol. The summed E-state index contributed by atoms with van der Waals surface area (Å²) in [5.74, 6) is 0.211. The number of carbonyl (C=O) groups excluding carboxylic acids is 1. The topological polar surface area (TPSA) is 44.1 Å². The van der Waals surface area contributed by atoms with Crippen LogP contribution in [0.1, 0.15) is 63.9 Å². The molecule has 0 spiro atoms. The predicted octanol–water partition coefficient (Wildman–Crippen LogP) is 4.95. The van der Waals surface area contributed by atoms with Crippen molar-refractivity contribution in [3.8, 4) is 6.07 Å². The van der Waals surface area contributed by atoms with E-state index in [0.717, 1.165) is 37.7 Å². The van der Waals surface area contributed by atoms with Gasteiger partial charge in [0.15, 0.2) is 0 Å². The average molecular weight is 310 g/mol. The predicted molar refractivity (Wildman–Crippen MR) is 92.2 cm³/mol. The molecule has 3 heteroatoms. The fraction of sp³-hybridized carbons (Fsp3) is 0.500. The fourth-order valence-electron chi connectivity index (χ4n) is 3.20. The molecule has 0 heterocycles. The number of allylic oxidation sites excluding steroid dienone is 2. The van der Waals surface area contributed by atoms with Crippen molar-refractivity contribution in [2.45, 2.75) is 64.8 Å². The maximum Gasteiger partial charge on any atom is 0.227 e. The lowest BCUT2D eigenvalue weighted by Crippen LogP contribution is -2.31. The Hall–Kier alpha value is -2.08. The third kappa shape index (κ3) is 4.96. The van der Waals surface area contributed by atoms with E-state index in [0.29, 0.717) is 19.4 Å². The number of rotatable bonds is 7. The number of hydrogen-bond donors (Lipinski definition) is 0. The highest BCUT2D eigenvalue weighted by Crippen LogP contribution is 2.31. The highest BCUT2D eigenvalue weighted by Gasteiger charge is 2.23. The molecule has 1 aromatic rings. The number of amides is 1. The van der Waals surface area contributed by atoms with Crippen molar-refractivity contribution in [1.82, 2.24) is 4.90 Å². The fourth-order valence-corrected chi connectivity index (χ4v) is 3.20. The van der Waals surface area contributed by atoms with Crippen molar-refractivity contribution in [3.05, 3.63) is 47.2 Å². The number of benzene rings is 1. The molecule has 0 bridgehead atoms. The minimum atomic E-state index is 0.211. The van der Waals surface area contributed by atoms with Crippen molar-refractivity contribution in [1.29, 1.82) is 5.26 Å². The van der Waals surface area contributed by atoms with Crippen LogP contribution in [0.4, 0.5) is 0 Å². The van der Waals surface area contributed by atoms with Crippen LogP contribution < -0.4 is 0 Å². The Kier molecular flexibility index (Phi) is 6.87. The summed E-state index contributed by atoms with van der Waals surface area (Å²) in [6.45, 7) is 2.69. The Labute approximate surface area is 139 Å². The van der Waals surface area contributed by atoms with Gasteiger partial charge in [0.2, 0.25) is 5.91 Å². The molecule has 0 saturated carbocycles. The molecule has 0 aromatic heterocycles. The van der Waals surface area contributed by atoms with E-state index in [9.17, 15) is 4.79 Å². The molecule has 0 atom stereocenters. The van der Waals surface area contributed by atoms with Gasteiger partial charge in [0.1, 0.15) is 0 Å². The molecule has 23 heavy (non-hydrogen) atoms. The first-order chi connectivity index (χ1) is 11.3. The second kappa shape index (κ2) is 9.15. The third-order valence-electron chi connectivity index (χ3n) is 4.36. The van der Waals surface area contributed by atoms with Crippen LogP contribution >= 0.6 is 0 Å². The van der Waals surface area contributed by atoms with Gasteiger partial charge in [-0.1, -0.05) is 37.3 Å². The van der Waals surface area contributed by atoms with Crippen molar-refractivity contribution in [2.24, 2.45) is 0 Å². The van der Waals surface area contributed by atoms with Gasteiger partial charge < -0.3 is 4.90 Å². The lowest BCUT2D eigenvalue weighted by Gasteiger charge is -2.31. The molecular weight excluding hydrogens is 284 g/mol. The highest BCUT2D eigenvalue weighted by molar-refractivity contribution is 5.78. The van der Waals surface area contributed by atoms with Gasteiger partial charge in [-0.15, -0.1) is 0 Å². The van der Waals surface area contributed by atoms with Gasteiger partial charge in [0, 0.05) is 18.5 Å². The van der Waals surface area contributed by atoms with E-state index in [2.05, 4.69) is 18.2 Å². The van der Waals surface area contributed by atoms with Crippen LogP contribution in [0.15, 0.2) is 41.6 Å². The first-order valence-corrected chi connectivity index (χ1v) is 8.68. The smallest absolute Gasteiger partial charge is 0.227 e. The van der Waals surface area contributed by atoms with Gasteiger partial charge in [-0.25, -0.2) is 0 Å². The van der Waals surface area contributed by atoms with Gasteiger partial charge in [-0.2, -0.15) is 5.26 Å². The molecular formula is C20H26N2O. The van der Waals surface area contributed by atoms with Gasteiger partial charge >= 0.3 is 0 Å². The number of nitrogens with zero attached hydrogens (tertiary/aromatic N) is 2. The van der Waals surface area contributed by atoms with Crippen LogP contribution in [-0.4, -0.2) is 10.8 Å². The number of nitriles is 1. The Morgan fingerprint density at radius 1 is 1.22 bits per heavy atom. The molecule has 0 unspecified atom stereocenters. The van der Waals surface area contributed by atoms with Crippen molar-refractivity contribution in [3.63, 3.8) is 0 Å². The van der Waals surface area contributed by atoms with Gasteiger partial charge in [0.05, 0.1) is 12.6 Å². The molecule has 0 N–H and O–H groups in total. The summed E-state index contributed by atoms with van der Waals surface area (Å²) >= 11 is 0. The Balaban J connectivity index is 2.28. The third-order valence-corrected chi connectivity index (χ3v) is 4.36. The minimum Gasteiger partial charge on any atom is -0.312 e. The van der Waals surface area contributed by atoms with Gasteiger partial charge in [0.25, 0.3) is 0 Å². The van der Waals surface area contributed by atoms with E-state index in [1.807, 2.05) is 30.0 Å². The maximum atomic E-state index is 12.7. The van der Waals surface area contributed by atoms with E-state index in [-0.39, 0.29) is 5.91 Å². The molecule has 2 rings (SSSR count). The molecule has 122 valence electrons. The summed E-state index contributed by atoms with van der Waals surface area (Å²) in [6.07, 6.45) is 7.09. The maximum absolute atomic E-state index is 12.7. The van der Waals surface area contributed by atoms with Gasteiger partial charge in [-0.05, 0) is 49.7 Å². The molecule has 0 radical (unpaired) electrons. The molecule has 0 fully saturated rings. The Morgan fingerprint density at radius 2 is 1.96 bits per heavy atom. The first-order valence-electron chi connectivity index (χ1n) is 8.68. The van der Waals surface area contributed by atoms with E-state index >= 15 is 0 Å². The highest BCUT2D eigenvalue weighted by atomic mass is 16.2. The molecule has 1 aromatic carbocycles. The van der Waals surface area contributed by atoms with Crippen LogP contribution in [0.5, 0.6) is 0 Å². The van der Waals surface area contributed by atoms with E-state index in [4.69, 9.17) is 5.26 Å². The lowest BCUT2D eigenvalue weighted by atomic mass is 9.92. The molecule has 1 aliphatic rings. The van der Waals surface area contributed by atoms with E-state index < -0.39 is 0 Å². The minimum absolute atomic E-state index is 0.211. The average Bonchev–Trinajstić information content (AvgIpc) is 2.59. The molecule has 0 aliphatic heterocycles. The summed E-state index contributed by atoms with van der Waals surface area (Å²) in [7, 11) is 0. The van der Waals surface area contributed by atoms with E-state index in [1.54, 1.807) is 0 Å². The number of carbonyl (C=O) groups is 1. The lowest BCUT2D eigenvalue weighted by molar-refractivity contribution is -0.130. The summed E-state index contributed by atoms with van der Waals surface area (Å²) in [4.78, 5) is 14.7. The normalized spacial score (nSPS) is 14.4. The second-order valence-electron chi connectivity index (χ2n) is 6.13. The molecule has 3 nitrogen and oxygen atoms in total. The second-order valence-corrected chi connectivity index (χ2v) is 6.13. The first kappa shape index (κ1) is 17.3. The summed E-state index contributed by atoms with van der Waals surface area (Å²) in [6, 6.07) is 12.4. The zero-order chi connectivity index (χ0) is 16.5. The standard InChI is InChI=1S/C20H26N2O/c1-2-9-20(23)22(16-17-10-4-3-5-11-17)19-14-7-6-12-18(19)13-8-15-21/h3-5,10-11H,2,6-9,12-14,16H2,1H3. The summed E-state index contributed by atoms with van der Waals surface area (Å²) in [5.41, 5.74) is 3.67. The molecule has 1 aliphatic carbocycles. The van der Waals surface area contributed by atoms with Crippen LogP contribution in [0.3, 0.4) is 0 Å². The van der Waals surface area contributed by atoms with Crippen molar-refractivity contribution < 1.29 is 4.79 Å².